The number of carbonyl (C=O) groups excluding carboxylic acids is 2. The van der Waals surface area contributed by atoms with Crippen molar-refractivity contribution in [3.05, 3.63) is 20.8 Å². The van der Waals surface area contributed by atoms with E-state index < -0.39 is 0 Å². The molecule has 1 N–H and O–H groups in total. The number of carbonyl (C=O) groups is 2. The van der Waals surface area contributed by atoms with Gasteiger partial charge in [0.05, 0.1) is 15.2 Å². The summed E-state index contributed by atoms with van der Waals surface area (Å²) < 4.78 is 0.915. The molecule has 1 rings (SSSR count). The number of thiophene rings is 1. The first kappa shape index (κ1) is 15.4. The Morgan fingerprint density at radius 1 is 1.28 bits per heavy atom. The van der Waals surface area contributed by atoms with E-state index in [4.69, 9.17) is 0 Å². The van der Waals surface area contributed by atoms with Crippen LogP contribution < -0.4 is 5.32 Å². The standard InChI is InChI=1S/C13H18BrNO2S/c1-2-3-4-5-6-10(16)9-15-13(17)11-7-8-12(14)18-11/h7-8H,2-6,9H2,1H3,(H,15,17). The Bertz CT molecular complexity index is 403. The van der Waals surface area contributed by atoms with Crippen LogP contribution in [0.5, 0.6) is 0 Å². The van der Waals surface area contributed by atoms with Crippen molar-refractivity contribution in [2.45, 2.75) is 39.0 Å². The van der Waals surface area contributed by atoms with E-state index in [1.807, 2.05) is 6.07 Å². The van der Waals surface area contributed by atoms with Gasteiger partial charge in [-0.1, -0.05) is 26.2 Å². The minimum Gasteiger partial charge on any atom is -0.344 e. The van der Waals surface area contributed by atoms with Crippen molar-refractivity contribution >= 4 is 39.0 Å². The van der Waals surface area contributed by atoms with Gasteiger partial charge in [-0.05, 0) is 34.5 Å². The van der Waals surface area contributed by atoms with Crippen molar-refractivity contribution in [1.82, 2.24) is 5.32 Å². The second-order valence-corrected chi connectivity index (χ2v) is 6.60. The fourth-order valence-corrected chi connectivity index (χ4v) is 2.84. The molecule has 0 aliphatic rings. The molecule has 100 valence electrons. The summed E-state index contributed by atoms with van der Waals surface area (Å²) >= 11 is 4.67. The first-order valence-electron chi connectivity index (χ1n) is 6.18. The Morgan fingerprint density at radius 2 is 2.06 bits per heavy atom. The molecule has 3 nitrogen and oxygen atoms in total. The van der Waals surface area contributed by atoms with Crippen molar-refractivity contribution in [2.24, 2.45) is 0 Å². The van der Waals surface area contributed by atoms with Crippen LogP contribution in [0, 0.1) is 0 Å². The lowest BCUT2D eigenvalue weighted by atomic mass is 10.1. The molecule has 5 heteroatoms. The van der Waals surface area contributed by atoms with Crippen LogP contribution in [0.15, 0.2) is 15.9 Å². The summed E-state index contributed by atoms with van der Waals surface area (Å²) in [4.78, 5) is 23.8. The number of halogens is 1. The fraction of sp³-hybridized carbons (Fsp3) is 0.538. The van der Waals surface area contributed by atoms with Crippen molar-refractivity contribution in [3.63, 3.8) is 0 Å². The van der Waals surface area contributed by atoms with Gasteiger partial charge in [0.15, 0.2) is 5.78 Å². The van der Waals surface area contributed by atoms with Gasteiger partial charge in [0.1, 0.15) is 0 Å². The van der Waals surface area contributed by atoms with Gasteiger partial charge in [0.25, 0.3) is 5.91 Å². The molecule has 1 heterocycles. The summed E-state index contributed by atoms with van der Waals surface area (Å²) in [5, 5.41) is 2.65. The second-order valence-electron chi connectivity index (χ2n) is 4.14. The third-order valence-electron chi connectivity index (χ3n) is 2.55. The van der Waals surface area contributed by atoms with Gasteiger partial charge in [0.2, 0.25) is 0 Å². The maximum atomic E-state index is 11.7. The molecule has 1 amide bonds. The topological polar surface area (TPSA) is 46.2 Å². The number of hydrogen-bond donors (Lipinski definition) is 1. The largest absolute Gasteiger partial charge is 0.344 e. The molecule has 0 radical (unpaired) electrons. The average Bonchev–Trinajstić information content (AvgIpc) is 2.78. The maximum absolute atomic E-state index is 11.7. The van der Waals surface area contributed by atoms with Gasteiger partial charge < -0.3 is 5.32 Å². The number of hydrogen-bond acceptors (Lipinski definition) is 3. The summed E-state index contributed by atoms with van der Waals surface area (Å²) in [7, 11) is 0. The van der Waals surface area contributed by atoms with E-state index in [0.29, 0.717) is 11.3 Å². The predicted octanol–water partition coefficient (Wildman–Crippen LogP) is 3.78. The number of amides is 1. The van der Waals surface area contributed by atoms with Crippen LogP contribution >= 0.6 is 27.3 Å². The molecule has 1 aromatic rings. The Kier molecular flexibility index (Phi) is 7.20. The molecular weight excluding hydrogens is 314 g/mol. The zero-order valence-corrected chi connectivity index (χ0v) is 12.9. The van der Waals surface area contributed by atoms with Crippen molar-refractivity contribution in [3.8, 4) is 0 Å². The minimum absolute atomic E-state index is 0.107. The van der Waals surface area contributed by atoms with E-state index in [1.165, 1.54) is 17.8 Å². The highest BCUT2D eigenvalue weighted by molar-refractivity contribution is 9.11. The van der Waals surface area contributed by atoms with E-state index in [0.717, 1.165) is 23.0 Å². The fourth-order valence-electron chi connectivity index (χ4n) is 1.54. The molecule has 0 saturated heterocycles. The van der Waals surface area contributed by atoms with Crippen LogP contribution in [0.2, 0.25) is 0 Å². The average molecular weight is 332 g/mol. The van der Waals surface area contributed by atoms with Gasteiger partial charge >= 0.3 is 0 Å². The smallest absolute Gasteiger partial charge is 0.261 e. The molecular formula is C13H18BrNO2S. The first-order valence-corrected chi connectivity index (χ1v) is 7.79. The number of unbranched alkanes of at least 4 members (excludes halogenated alkanes) is 3. The summed E-state index contributed by atoms with van der Waals surface area (Å²) in [5.74, 6) is -0.0670. The molecule has 0 aromatic carbocycles. The normalized spacial score (nSPS) is 10.3. The van der Waals surface area contributed by atoms with Crippen molar-refractivity contribution < 1.29 is 9.59 Å². The van der Waals surface area contributed by atoms with Gasteiger partial charge in [-0.15, -0.1) is 11.3 Å². The van der Waals surface area contributed by atoms with Crippen LogP contribution in [0.3, 0.4) is 0 Å². The van der Waals surface area contributed by atoms with Crippen LogP contribution in [-0.4, -0.2) is 18.2 Å². The molecule has 1 aromatic heterocycles. The third kappa shape index (κ3) is 5.78. The molecule has 0 fully saturated rings. The Balaban J connectivity index is 2.20. The second kappa shape index (κ2) is 8.43. The summed E-state index contributed by atoms with van der Waals surface area (Å²) in [6.45, 7) is 2.28. The molecule has 0 atom stereocenters. The predicted molar refractivity (Wildman–Crippen MR) is 78.1 cm³/mol. The van der Waals surface area contributed by atoms with Gasteiger partial charge in [-0.25, -0.2) is 0 Å². The zero-order chi connectivity index (χ0) is 13.4. The summed E-state index contributed by atoms with van der Waals surface area (Å²) in [6.07, 6.45) is 4.91. The van der Waals surface area contributed by atoms with Crippen molar-refractivity contribution in [2.75, 3.05) is 6.54 Å². The minimum atomic E-state index is -0.174. The monoisotopic (exact) mass is 331 g/mol. The lowest BCUT2D eigenvalue weighted by Crippen LogP contribution is -2.28. The van der Waals surface area contributed by atoms with E-state index in [2.05, 4.69) is 28.2 Å². The van der Waals surface area contributed by atoms with Crippen LogP contribution in [0.25, 0.3) is 0 Å². The number of Topliss-reactive ketones (excluding diaryl/α,β-unsaturated/α-hetero) is 1. The highest BCUT2D eigenvalue weighted by Gasteiger charge is 2.09. The molecule has 18 heavy (non-hydrogen) atoms. The van der Waals surface area contributed by atoms with Gasteiger partial charge in [-0.2, -0.15) is 0 Å². The number of ketones is 1. The maximum Gasteiger partial charge on any atom is 0.261 e. The van der Waals surface area contributed by atoms with Gasteiger partial charge in [0, 0.05) is 6.42 Å². The SMILES string of the molecule is CCCCCCC(=O)CNC(=O)c1ccc(Br)s1. The lowest BCUT2D eigenvalue weighted by Gasteiger charge is -2.03. The van der Waals surface area contributed by atoms with Crippen molar-refractivity contribution in [1.29, 1.82) is 0 Å². The zero-order valence-electron chi connectivity index (χ0n) is 10.5. The van der Waals surface area contributed by atoms with E-state index in [-0.39, 0.29) is 18.2 Å². The number of rotatable bonds is 8. The highest BCUT2D eigenvalue weighted by atomic mass is 79.9. The highest BCUT2D eigenvalue weighted by Crippen LogP contribution is 2.21. The van der Waals surface area contributed by atoms with Crippen LogP contribution in [0.4, 0.5) is 0 Å². The van der Waals surface area contributed by atoms with Crippen LogP contribution in [-0.2, 0) is 4.79 Å². The molecule has 0 aliphatic heterocycles. The molecule has 0 spiro atoms. The quantitative estimate of drug-likeness (QED) is 0.737. The number of nitrogens with one attached hydrogen (secondary N) is 1. The van der Waals surface area contributed by atoms with E-state index in [9.17, 15) is 9.59 Å². The third-order valence-corrected chi connectivity index (χ3v) is 4.17. The Hall–Kier alpha value is -0.680. The molecule has 0 bridgehead atoms. The Morgan fingerprint density at radius 3 is 2.67 bits per heavy atom. The lowest BCUT2D eigenvalue weighted by molar-refractivity contribution is -0.118. The Labute approximate surface area is 120 Å². The van der Waals surface area contributed by atoms with Gasteiger partial charge in [-0.3, -0.25) is 9.59 Å². The van der Waals surface area contributed by atoms with E-state index in [1.54, 1.807) is 6.07 Å². The van der Waals surface area contributed by atoms with Crippen LogP contribution in [0.1, 0.15) is 48.7 Å². The first-order chi connectivity index (χ1) is 8.63. The summed E-state index contributed by atoms with van der Waals surface area (Å²) in [6, 6.07) is 3.57. The molecule has 0 aliphatic carbocycles. The summed E-state index contributed by atoms with van der Waals surface area (Å²) in [5.41, 5.74) is 0. The van der Waals surface area contributed by atoms with E-state index >= 15 is 0 Å². The molecule has 0 unspecified atom stereocenters. The molecule has 0 saturated carbocycles.